The molecule has 0 fully saturated rings. The number of hydrogen-bond acceptors (Lipinski definition) is 6. The average Bonchev–Trinajstić information content (AvgIpc) is 2.92. The lowest BCUT2D eigenvalue weighted by Gasteiger charge is -2.19. The molecular formula is C31H28N2O6. The molecule has 0 spiro atoms. The molecule has 1 N–H and O–H groups in total. The van der Waals surface area contributed by atoms with Crippen LogP contribution in [0.15, 0.2) is 97.1 Å². The second kappa shape index (κ2) is 11.6. The van der Waals surface area contributed by atoms with Gasteiger partial charge in [0.1, 0.15) is 18.1 Å². The molecule has 8 heteroatoms. The molecule has 0 saturated heterocycles. The topological polar surface area (TPSA) is 108 Å². The van der Waals surface area contributed by atoms with Gasteiger partial charge in [-0.1, -0.05) is 51.1 Å². The number of carbonyl (C=O) groups excluding carboxylic acids is 2. The van der Waals surface area contributed by atoms with E-state index in [0.29, 0.717) is 28.3 Å². The van der Waals surface area contributed by atoms with Crippen LogP contribution in [0.1, 0.15) is 52.6 Å². The molecule has 0 aliphatic heterocycles. The number of hydrogen-bond donors (Lipinski definition) is 1. The minimum Gasteiger partial charge on any atom is -0.457 e. The summed E-state index contributed by atoms with van der Waals surface area (Å²) in [6.07, 6.45) is 0. The van der Waals surface area contributed by atoms with Crippen molar-refractivity contribution in [2.75, 3.05) is 5.32 Å². The van der Waals surface area contributed by atoms with Crippen LogP contribution < -0.4 is 10.1 Å². The molecule has 0 aliphatic carbocycles. The third kappa shape index (κ3) is 7.29. The van der Waals surface area contributed by atoms with Crippen molar-refractivity contribution in [3.63, 3.8) is 0 Å². The first kappa shape index (κ1) is 27.1. The van der Waals surface area contributed by atoms with Gasteiger partial charge in [-0.3, -0.25) is 14.9 Å². The highest BCUT2D eigenvalue weighted by atomic mass is 16.6. The SMILES string of the molecule is CC(C)(C)c1ccc(C(=O)Nc2cccc(C(=O)OCc3ccc(Oc4ccc([N+](=O)[O-])cc4)cc3)c2)cc1. The lowest BCUT2D eigenvalue weighted by Crippen LogP contribution is -2.14. The first-order valence-corrected chi connectivity index (χ1v) is 12.3. The van der Waals surface area contributed by atoms with E-state index < -0.39 is 10.9 Å². The number of nitro benzene ring substituents is 1. The standard InChI is InChI=1S/C31H28N2O6/c1-31(2,3)24-11-9-22(10-12-24)29(34)32-25-6-4-5-23(19-25)30(35)38-20-21-7-15-27(16-8-21)39-28-17-13-26(14-18-28)33(36)37/h4-19H,20H2,1-3H3,(H,32,34). The van der Waals surface area contributed by atoms with Crippen LogP contribution >= 0.6 is 0 Å². The number of amides is 1. The van der Waals surface area contributed by atoms with Gasteiger partial charge in [-0.05, 0) is 71.1 Å². The van der Waals surface area contributed by atoms with Crippen molar-refractivity contribution in [1.29, 1.82) is 0 Å². The van der Waals surface area contributed by atoms with E-state index in [0.717, 1.165) is 11.1 Å². The Morgan fingerprint density at radius 3 is 2.03 bits per heavy atom. The smallest absolute Gasteiger partial charge is 0.338 e. The average molecular weight is 525 g/mol. The molecule has 39 heavy (non-hydrogen) atoms. The Bertz CT molecular complexity index is 1470. The molecule has 0 aromatic heterocycles. The van der Waals surface area contributed by atoms with Crippen molar-refractivity contribution in [2.24, 2.45) is 0 Å². The van der Waals surface area contributed by atoms with Gasteiger partial charge in [-0.25, -0.2) is 4.79 Å². The van der Waals surface area contributed by atoms with Crippen LogP contribution in [0.3, 0.4) is 0 Å². The van der Waals surface area contributed by atoms with Crippen molar-refractivity contribution >= 4 is 23.3 Å². The Hall–Kier alpha value is -4.98. The van der Waals surface area contributed by atoms with Crippen molar-refractivity contribution in [2.45, 2.75) is 32.8 Å². The summed E-state index contributed by atoms with van der Waals surface area (Å²) in [7, 11) is 0. The number of benzene rings is 4. The monoisotopic (exact) mass is 524 g/mol. The summed E-state index contributed by atoms with van der Waals surface area (Å²) in [5, 5.41) is 13.6. The Kier molecular flexibility index (Phi) is 8.05. The molecule has 0 unspecified atom stereocenters. The molecule has 0 aliphatic rings. The lowest BCUT2D eigenvalue weighted by molar-refractivity contribution is -0.384. The number of rotatable bonds is 8. The number of nitro groups is 1. The first-order chi connectivity index (χ1) is 18.6. The van der Waals surface area contributed by atoms with Crippen LogP contribution in [0.5, 0.6) is 11.5 Å². The maximum atomic E-state index is 12.7. The van der Waals surface area contributed by atoms with E-state index in [1.54, 1.807) is 60.7 Å². The van der Waals surface area contributed by atoms with E-state index >= 15 is 0 Å². The minimum absolute atomic E-state index is 0.00514. The van der Waals surface area contributed by atoms with Gasteiger partial charge in [-0.15, -0.1) is 0 Å². The van der Waals surface area contributed by atoms with E-state index in [4.69, 9.17) is 9.47 Å². The summed E-state index contributed by atoms with van der Waals surface area (Å²) in [5.74, 6) is 0.216. The Morgan fingerprint density at radius 1 is 0.821 bits per heavy atom. The molecule has 8 nitrogen and oxygen atoms in total. The first-order valence-electron chi connectivity index (χ1n) is 12.3. The quantitative estimate of drug-likeness (QED) is 0.147. The maximum absolute atomic E-state index is 12.7. The lowest BCUT2D eigenvalue weighted by atomic mass is 9.87. The zero-order valence-electron chi connectivity index (χ0n) is 21.8. The minimum atomic E-state index is -0.521. The predicted molar refractivity (Wildman–Crippen MR) is 148 cm³/mol. The third-order valence-electron chi connectivity index (χ3n) is 5.95. The number of anilines is 1. The number of ether oxygens (including phenoxy) is 2. The van der Waals surface area contributed by atoms with Crippen molar-refractivity contribution in [1.82, 2.24) is 0 Å². The molecule has 4 aromatic carbocycles. The summed E-state index contributed by atoms with van der Waals surface area (Å²) >= 11 is 0. The van der Waals surface area contributed by atoms with Crippen LogP contribution in [0.4, 0.5) is 11.4 Å². The zero-order chi connectivity index (χ0) is 28.0. The molecule has 0 heterocycles. The molecule has 0 saturated carbocycles. The summed E-state index contributed by atoms with van der Waals surface area (Å²) in [4.78, 5) is 35.6. The van der Waals surface area contributed by atoms with E-state index in [2.05, 4.69) is 26.1 Å². The number of nitrogens with zero attached hydrogens (tertiary/aromatic N) is 1. The highest BCUT2D eigenvalue weighted by Gasteiger charge is 2.15. The second-order valence-electron chi connectivity index (χ2n) is 9.94. The normalized spacial score (nSPS) is 10.9. The van der Waals surface area contributed by atoms with E-state index in [1.165, 1.54) is 24.3 Å². The van der Waals surface area contributed by atoms with Crippen LogP contribution in [0.25, 0.3) is 0 Å². The fraction of sp³-hybridized carbons (Fsp3) is 0.161. The molecule has 0 radical (unpaired) electrons. The molecule has 1 amide bonds. The Balaban J connectivity index is 1.31. The van der Waals surface area contributed by atoms with Gasteiger partial charge < -0.3 is 14.8 Å². The molecule has 0 bridgehead atoms. The summed E-state index contributed by atoms with van der Waals surface area (Å²) < 4.78 is 11.1. The molecule has 0 atom stereocenters. The number of esters is 1. The van der Waals surface area contributed by atoms with Gasteiger partial charge in [0.2, 0.25) is 0 Å². The van der Waals surface area contributed by atoms with Gasteiger partial charge in [0.15, 0.2) is 0 Å². The Labute approximate surface area is 226 Å². The largest absolute Gasteiger partial charge is 0.457 e. The van der Waals surface area contributed by atoms with E-state index in [9.17, 15) is 19.7 Å². The van der Waals surface area contributed by atoms with E-state index in [1.807, 2.05) is 12.1 Å². The molecular weight excluding hydrogens is 496 g/mol. The number of carbonyl (C=O) groups is 2. The fourth-order valence-corrected chi connectivity index (χ4v) is 3.71. The molecule has 198 valence electrons. The van der Waals surface area contributed by atoms with E-state index in [-0.39, 0.29) is 23.6 Å². The van der Waals surface area contributed by atoms with Gasteiger partial charge in [0.25, 0.3) is 11.6 Å². The summed E-state index contributed by atoms with van der Waals surface area (Å²) in [6, 6.07) is 26.8. The zero-order valence-corrected chi connectivity index (χ0v) is 21.8. The van der Waals surface area contributed by atoms with Crippen LogP contribution in [0.2, 0.25) is 0 Å². The highest BCUT2D eigenvalue weighted by molar-refractivity contribution is 6.04. The van der Waals surface area contributed by atoms with Gasteiger partial charge >= 0.3 is 5.97 Å². The summed E-state index contributed by atoms with van der Waals surface area (Å²) in [6.45, 7) is 6.38. The van der Waals surface area contributed by atoms with Gasteiger partial charge in [0.05, 0.1) is 10.5 Å². The van der Waals surface area contributed by atoms with Gasteiger partial charge in [0, 0.05) is 23.4 Å². The summed E-state index contributed by atoms with van der Waals surface area (Å²) in [5.41, 5.74) is 3.19. The fourth-order valence-electron chi connectivity index (χ4n) is 3.71. The maximum Gasteiger partial charge on any atom is 0.338 e. The van der Waals surface area contributed by atoms with Crippen molar-refractivity contribution in [3.8, 4) is 11.5 Å². The molecule has 4 rings (SSSR count). The number of non-ortho nitro benzene ring substituents is 1. The van der Waals surface area contributed by atoms with Crippen molar-refractivity contribution < 1.29 is 24.0 Å². The Morgan fingerprint density at radius 2 is 1.44 bits per heavy atom. The van der Waals surface area contributed by atoms with Crippen LogP contribution in [-0.2, 0) is 16.8 Å². The molecule has 4 aromatic rings. The highest BCUT2D eigenvalue weighted by Crippen LogP contribution is 2.25. The van der Waals surface area contributed by atoms with Crippen molar-refractivity contribution in [3.05, 3.63) is 129 Å². The van der Waals surface area contributed by atoms with Crippen LogP contribution in [-0.4, -0.2) is 16.8 Å². The predicted octanol–water partition coefficient (Wildman–Crippen LogP) is 7.29. The van der Waals surface area contributed by atoms with Gasteiger partial charge in [-0.2, -0.15) is 0 Å². The number of nitrogens with one attached hydrogen (secondary N) is 1. The third-order valence-corrected chi connectivity index (χ3v) is 5.95. The van der Waals surface area contributed by atoms with Crippen LogP contribution in [0, 0.1) is 10.1 Å². The second-order valence-corrected chi connectivity index (χ2v) is 9.94.